The minimum absolute atomic E-state index is 0.175. The van der Waals surface area contributed by atoms with Crippen molar-refractivity contribution in [3.63, 3.8) is 0 Å². The van der Waals surface area contributed by atoms with E-state index in [1.54, 1.807) is 11.3 Å². The maximum Gasteiger partial charge on any atom is 0.255 e. The van der Waals surface area contributed by atoms with Gasteiger partial charge in [-0.05, 0) is 36.9 Å². The standard InChI is InChI=1S/C15H18N2OS/c1-2-16-10-11-5-8-13(14-4-3-9-19-14)17(15(11)18)12-6-7-12/h3-5,8-9,12,16H,2,6-7,10H2,1H3. The van der Waals surface area contributed by atoms with Crippen molar-refractivity contribution in [3.8, 4) is 10.6 Å². The van der Waals surface area contributed by atoms with Gasteiger partial charge >= 0.3 is 0 Å². The average molecular weight is 274 g/mol. The summed E-state index contributed by atoms with van der Waals surface area (Å²) in [5.74, 6) is 0. The largest absolute Gasteiger partial charge is 0.313 e. The van der Waals surface area contributed by atoms with Crippen LogP contribution in [0.3, 0.4) is 0 Å². The molecule has 19 heavy (non-hydrogen) atoms. The van der Waals surface area contributed by atoms with Gasteiger partial charge in [-0.15, -0.1) is 11.3 Å². The molecule has 0 bridgehead atoms. The second-order valence-electron chi connectivity index (χ2n) is 4.91. The smallest absolute Gasteiger partial charge is 0.255 e. The zero-order valence-corrected chi connectivity index (χ0v) is 11.9. The Bertz CT molecular complexity index is 612. The van der Waals surface area contributed by atoms with E-state index in [0.717, 1.165) is 30.6 Å². The van der Waals surface area contributed by atoms with Gasteiger partial charge in [-0.25, -0.2) is 0 Å². The monoisotopic (exact) mass is 274 g/mol. The molecule has 100 valence electrons. The van der Waals surface area contributed by atoms with Crippen LogP contribution in [0.25, 0.3) is 10.6 Å². The van der Waals surface area contributed by atoms with E-state index in [4.69, 9.17) is 0 Å². The average Bonchev–Trinajstić information content (AvgIpc) is 3.11. The topological polar surface area (TPSA) is 34.0 Å². The van der Waals surface area contributed by atoms with Crippen molar-refractivity contribution in [3.05, 3.63) is 45.6 Å². The van der Waals surface area contributed by atoms with Crippen LogP contribution in [0.5, 0.6) is 0 Å². The van der Waals surface area contributed by atoms with E-state index in [1.807, 2.05) is 16.7 Å². The minimum Gasteiger partial charge on any atom is -0.313 e. The molecule has 1 fully saturated rings. The molecular weight excluding hydrogens is 256 g/mol. The van der Waals surface area contributed by atoms with E-state index in [-0.39, 0.29) is 5.56 Å². The first-order chi connectivity index (χ1) is 9.31. The molecule has 0 aromatic carbocycles. The van der Waals surface area contributed by atoms with E-state index in [0.29, 0.717) is 12.6 Å². The van der Waals surface area contributed by atoms with Crippen LogP contribution in [0.4, 0.5) is 0 Å². The Hall–Kier alpha value is -1.39. The van der Waals surface area contributed by atoms with Crippen LogP contribution in [0.15, 0.2) is 34.4 Å². The second kappa shape index (κ2) is 5.31. The van der Waals surface area contributed by atoms with Crippen molar-refractivity contribution in [2.24, 2.45) is 0 Å². The normalized spacial score (nSPS) is 14.8. The Morgan fingerprint density at radius 1 is 1.37 bits per heavy atom. The number of hydrogen-bond donors (Lipinski definition) is 1. The van der Waals surface area contributed by atoms with Gasteiger partial charge in [0.25, 0.3) is 5.56 Å². The number of nitrogens with one attached hydrogen (secondary N) is 1. The Morgan fingerprint density at radius 2 is 2.21 bits per heavy atom. The summed E-state index contributed by atoms with van der Waals surface area (Å²) in [5, 5.41) is 5.29. The molecule has 0 unspecified atom stereocenters. The summed E-state index contributed by atoms with van der Waals surface area (Å²) in [6.07, 6.45) is 2.26. The molecule has 0 spiro atoms. The second-order valence-corrected chi connectivity index (χ2v) is 5.86. The van der Waals surface area contributed by atoms with E-state index in [9.17, 15) is 4.79 Å². The molecule has 0 radical (unpaired) electrons. The number of rotatable bonds is 5. The fraction of sp³-hybridized carbons (Fsp3) is 0.400. The number of nitrogens with zero attached hydrogens (tertiary/aromatic N) is 1. The van der Waals surface area contributed by atoms with Crippen LogP contribution >= 0.6 is 11.3 Å². The lowest BCUT2D eigenvalue weighted by atomic mass is 10.2. The van der Waals surface area contributed by atoms with Crippen LogP contribution in [-0.2, 0) is 6.54 Å². The van der Waals surface area contributed by atoms with Crippen LogP contribution in [0.2, 0.25) is 0 Å². The third-order valence-electron chi connectivity index (χ3n) is 3.45. The van der Waals surface area contributed by atoms with Crippen LogP contribution in [0, 0.1) is 0 Å². The third-order valence-corrected chi connectivity index (χ3v) is 4.34. The quantitative estimate of drug-likeness (QED) is 0.909. The number of thiophene rings is 1. The summed E-state index contributed by atoms with van der Waals surface area (Å²) < 4.78 is 2.00. The van der Waals surface area contributed by atoms with Crippen LogP contribution < -0.4 is 10.9 Å². The van der Waals surface area contributed by atoms with E-state index < -0.39 is 0 Å². The van der Waals surface area contributed by atoms with Gasteiger partial charge in [0, 0.05) is 18.2 Å². The molecule has 0 saturated heterocycles. The van der Waals surface area contributed by atoms with Gasteiger partial charge in [0.1, 0.15) is 0 Å². The van der Waals surface area contributed by atoms with Crippen LogP contribution in [-0.4, -0.2) is 11.1 Å². The molecule has 0 atom stereocenters. The first-order valence-corrected chi connectivity index (χ1v) is 7.68. The summed E-state index contributed by atoms with van der Waals surface area (Å²) in [6, 6.07) is 8.60. The van der Waals surface area contributed by atoms with Crippen LogP contribution in [0.1, 0.15) is 31.4 Å². The lowest BCUT2D eigenvalue weighted by molar-refractivity contribution is 0.673. The van der Waals surface area contributed by atoms with E-state index >= 15 is 0 Å². The van der Waals surface area contributed by atoms with Gasteiger partial charge in [-0.2, -0.15) is 0 Å². The molecule has 2 heterocycles. The van der Waals surface area contributed by atoms with E-state index in [2.05, 4.69) is 29.8 Å². The molecule has 3 nitrogen and oxygen atoms in total. The molecular formula is C15H18N2OS. The Balaban J connectivity index is 2.06. The highest BCUT2D eigenvalue weighted by molar-refractivity contribution is 7.13. The number of aromatic nitrogens is 1. The predicted octanol–water partition coefficient (Wildman–Crippen LogP) is 3.02. The van der Waals surface area contributed by atoms with Crippen molar-refractivity contribution in [2.45, 2.75) is 32.4 Å². The highest BCUT2D eigenvalue weighted by Crippen LogP contribution is 2.38. The zero-order chi connectivity index (χ0) is 13.2. The molecule has 2 aromatic heterocycles. The third kappa shape index (κ3) is 2.51. The van der Waals surface area contributed by atoms with Crippen molar-refractivity contribution in [1.29, 1.82) is 0 Å². The maximum atomic E-state index is 12.6. The SMILES string of the molecule is CCNCc1ccc(-c2cccs2)n(C2CC2)c1=O. The molecule has 2 aromatic rings. The van der Waals surface area contributed by atoms with Gasteiger partial charge in [-0.1, -0.05) is 19.1 Å². The highest BCUT2D eigenvalue weighted by Gasteiger charge is 2.28. The minimum atomic E-state index is 0.175. The number of hydrogen-bond acceptors (Lipinski definition) is 3. The highest BCUT2D eigenvalue weighted by atomic mass is 32.1. The predicted molar refractivity (Wildman–Crippen MR) is 79.7 cm³/mol. The Labute approximate surface area is 116 Å². The van der Waals surface area contributed by atoms with Crippen molar-refractivity contribution in [2.75, 3.05) is 6.54 Å². The lowest BCUT2D eigenvalue weighted by Gasteiger charge is -2.13. The first-order valence-electron chi connectivity index (χ1n) is 6.80. The van der Waals surface area contributed by atoms with Gasteiger partial charge in [0.15, 0.2) is 0 Å². The molecule has 1 N–H and O–H groups in total. The van der Waals surface area contributed by atoms with E-state index in [1.165, 1.54) is 4.88 Å². The van der Waals surface area contributed by atoms with Crippen molar-refractivity contribution >= 4 is 11.3 Å². The van der Waals surface area contributed by atoms with Crippen molar-refractivity contribution in [1.82, 2.24) is 9.88 Å². The summed E-state index contributed by atoms with van der Waals surface area (Å²) in [7, 11) is 0. The summed E-state index contributed by atoms with van der Waals surface area (Å²) in [6.45, 7) is 3.60. The Kier molecular flexibility index (Phi) is 3.53. The molecule has 0 amide bonds. The molecule has 1 aliphatic carbocycles. The molecule has 0 aliphatic heterocycles. The van der Waals surface area contributed by atoms with Gasteiger partial charge in [-0.3, -0.25) is 4.79 Å². The maximum absolute atomic E-state index is 12.6. The fourth-order valence-corrected chi connectivity index (χ4v) is 3.06. The molecule has 3 rings (SSSR count). The van der Waals surface area contributed by atoms with Crippen molar-refractivity contribution < 1.29 is 0 Å². The lowest BCUT2D eigenvalue weighted by Crippen LogP contribution is -2.27. The zero-order valence-electron chi connectivity index (χ0n) is 11.1. The Morgan fingerprint density at radius 3 is 2.84 bits per heavy atom. The van der Waals surface area contributed by atoms with Gasteiger partial charge < -0.3 is 9.88 Å². The van der Waals surface area contributed by atoms with Gasteiger partial charge in [0.05, 0.1) is 10.6 Å². The molecule has 4 heteroatoms. The summed E-state index contributed by atoms with van der Waals surface area (Å²) in [4.78, 5) is 13.8. The number of pyridine rings is 1. The summed E-state index contributed by atoms with van der Waals surface area (Å²) >= 11 is 1.69. The molecule has 1 aliphatic rings. The molecule has 1 saturated carbocycles. The van der Waals surface area contributed by atoms with Gasteiger partial charge in [0.2, 0.25) is 0 Å². The first kappa shape index (κ1) is 12.6. The fourth-order valence-electron chi connectivity index (χ4n) is 2.31. The summed E-state index contributed by atoms with van der Waals surface area (Å²) in [5.41, 5.74) is 2.12.